The zero-order valence-corrected chi connectivity index (χ0v) is 19.5. The fraction of sp³-hybridized carbons (Fsp3) is 0.292. The molecule has 1 aromatic heterocycles. The Balaban J connectivity index is 1.41. The molecule has 3 aromatic rings. The molecule has 0 saturated carbocycles. The second-order valence-electron chi connectivity index (χ2n) is 7.62. The average Bonchev–Trinajstić information content (AvgIpc) is 3.30. The molecule has 0 aliphatic carbocycles. The van der Waals surface area contributed by atoms with Gasteiger partial charge in [0.1, 0.15) is 0 Å². The first kappa shape index (κ1) is 22.7. The Bertz CT molecular complexity index is 1190. The van der Waals surface area contributed by atoms with Crippen LogP contribution in [-0.2, 0) is 40.9 Å². The number of hydrogen-bond donors (Lipinski definition) is 1. The lowest BCUT2D eigenvalue weighted by Gasteiger charge is -2.26. The molecule has 2 heterocycles. The Morgan fingerprint density at radius 2 is 1.91 bits per heavy atom. The van der Waals surface area contributed by atoms with Crippen molar-refractivity contribution in [1.29, 1.82) is 0 Å². The third kappa shape index (κ3) is 5.10. The molecule has 0 spiro atoms. The molecule has 1 aliphatic heterocycles. The van der Waals surface area contributed by atoms with E-state index in [1.165, 1.54) is 15.2 Å². The molecular weight excluding hydrogens is 444 g/mol. The van der Waals surface area contributed by atoms with Crippen LogP contribution in [0.5, 0.6) is 0 Å². The van der Waals surface area contributed by atoms with Gasteiger partial charge >= 0.3 is 0 Å². The lowest BCUT2D eigenvalue weighted by atomic mass is 10.1. The Morgan fingerprint density at radius 1 is 1.12 bits per heavy atom. The summed E-state index contributed by atoms with van der Waals surface area (Å²) in [6, 6.07) is 16.1. The van der Waals surface area contributed by atoms with Crippen molar-refractivity contribution in [3.8, 4) is 0 Å². The van der Waals surface area contributed by atoms with E-state index in [0.717, 1.165) is 23.1 Å². The summed E-state index contributed by atoms with van der Waals surface area (Å²) in [6.45, 7) is 4.37. The van der Waals surface area contributed by atoms with Crippen molar-refractivity contribution in [2.45, 2.75) is 37.9 Å². The van der Waals surface area contributed by atoms with Crippen molar-refractivity contribution >= 4 is 27.3 Å². The standard InChI is InChI=1S/C24H26N2O4S2/c1-2-30-17-19-8-6-18(7-9-19)15-25-24(27)20-4-3-5-22(14-20)32(28,29)26-12-10-23-21(16-26)11-13-31-23/h3-9,11,13-14H,2,10,12,15-17H2,1H3,(H,25,27). The van der Waals surface area contributed by atoms with Crippen LogP contribution in [0.1, 0.15) is 38.8 Å². The highest BCUT2D eigenvalue weighted by Gasteiger charge is 2.29. The van der Waals surface area contributed by atoms with Crippen molar-refractivity contribution in [2.75, 3.05) is 13.2 Å². The number of ether oxygens (including phenoxy) is 1. The zero-order valence-electron chi connectivity index (χ0n) is 17.9. The first-order chi connectivity index (χ1) is 15.5. The zero-order chi connectivity index (χ0) is 22.6. The number of carbonyl (C=O) groups is 1. The highest BCUT2D eigenvalue weighted by atomic mass is 32.2. The molecule has 1 N–H and O–H groups in total. The Hall–Kier alpha value is -2.52. The number of thiophene rings is 1. The molecule has 32 heavy (non-hydrogen) atoms. The topological polar surface area (TPSA) is 75.7 Å². The van der Waals surface area contributed by atoms with Crippen molar-refractivity contribution in [3.63, 3.8) is 0 Å². The molecule has 0 atom stereocenters. The van der Waals surface area contributed by atoms with Crippen LogP contribution >= 0.6 is 11.3 Å². The van der Waals surface area contributed by atoms with Gasteiger partial charge in [0, 0.05) is 36.7 Å². The SMILES string of the molecule is CCOCc1ccc(CNC(=O)c2cccc(S(=O)(=O)N3CCc4sccc4C3)c2)cc1. The lowest BCUT2D eigenvalue weighted by Crippen LogP contribution is -2.35. The number of sulfonamides is 1. The molecule has 4 rings (SSSR count). The molecule has 0 radical (unpaired) electrons. The van der Waals surface area contributed by atoms with Gasteiger partial charge in [0.25, 0.3) is 5.91 Å². The van der Waals surface area contributed by atoms with E-state index in [4.69, 9.17) is 4.74 Å². The summed E-state index contributed by atoms with van der Waals surface area (Å²) in [5, 5.41) is 4.87. The van der Waals surface area contributed by atoms with Crippen LogP contribution in [-0.4, -0.2) is 31.8 Å². The largest absolute Gasteiger partial charge is 0.377 e. The molecule has 0 saturated heterocycles. The van der Waals surface area contributed by atoms with Gasteiger partial charge in [0.15, 0.2) is 0 Å². The lowest BCUT2D eigenvalue weighted by molar-refractivity contribution is 0.0950. The predicted molar refractivity (Wildman–Crippen MR) is 125 cm³/mol. The minimum Gasteiger partial charge on any atom is -0.377 e. The molecule has 1 aliphatic rings. The van der Waals surface area contributed by atoms with E-state index in [-0.39, 0.29) is 10.8 Å². The van der Waals surface area contributed by atoms with Gasteiger partial charge in [-0.1, -0.05) is 30.3 Å². The maximum atomic E-state index is 13.2. The molecular formula is C24H26N2O4S2. The van der Waals surface area contributed by atoms with E-state index in [1.807, 2.05) is 42.6 Å². The number of nitrogens with zero attached hydrogens (tertiary/aromatic N) is 1. The minimum absolute atomic E-state index is 0.143. The molecule has 168 valence electrons. The fourth-order valence-corrected chi connectivity index (χ4v) is 5.99. The van der Waals surface area contributed by atoms with Crippen LogP contribution in [0.2, 0.25) is 0 Å². The summed E-state index contributed by atoms with van der Waals surface area (Å²) in [6.07, 6.45) is 0.718. The molecule has 0 bridgehead atoms. The molecule has 8 heteroatoms. The Labute approximate surface area is 192 Å². The van der Waals surface area contributed by atoms with Crippen molar-refractivity contribution < 1.29 is 17.9 Å². The van der Waals surface area contributed by atoms with E-state index in [2.05, 4.69) is 5.32 Å². The van der Waals surface area contributed by atoms with E-state index in [1.54, 1.807) is 29.5 Å². The minimum atomic E-state index is -3.67. The van der Waals surface area contributed by atoms with Crippen LogP contribution in [0.25, 0.3) is 0 Å². The number of benzene rings is 2. The summed E-state index contributed by atoms with van der Waals surface area (Å²) < 4.78 is 33.2. The fourth-order valence-electron chi connectivity index (χ4n) is 3.63. The number of nitrogens with one attached hydrogen (secondary N) is 1. The number of amides is 1. The van der Waals surface area contributed by atoms with Crippen LogP contribution < -0.4 is 5.32 Å². The maximum absolute atomic E-state index is 13.2. The third-order valence-electron chi connectivity index (χ3n) is 5.46. The van der Waals surface area contributed by atoms with Gasteiger partial charge < -0.3 is 10.1 Å². The van der Waals surface area contributed by atoms with Gasteiger partial charge in [-0.3, -0.25) is 4.79 Å². The van der Waals surface area contributed by atoms with Crippen LogP contribution in [0.3, 0.4) is 0 Å². The summed E-state index contributed by atoms with van der Waals surface area (Å²) in [4.78, 5) is 14.1. The van der Waals surface area contributed by atoms with Crippen LogP contribution in [0.15, 0.2) is 64.9 Å². The summed E-state index contributed by atoms with van der Waals surface area (Å²) in [5.41, 5.74) is 3.42. The van der Waals surface area contributed by atoms with E-state index < -0.39 is 10.0 Å². The molecule has 1 amide bonds. The summed E-state index contributed by atoms with van der Waals surface area (Å²) >= 11 is 1.67. The van der Waals surface area contributed by atoms with E-state index in [0.29, 0.717) is 38.4 Å². The highest BCUT2D eigenvalue weighted by Crippen LogP contribution is 2.28. The highest BCUT2D eigenvalue weighted by molar-refractivity contribution is 7.89. The molecule has 0 unspecified atom stereocenters. The van der Waals surface area contributed by atoms with Gasteiger partial charge in [-0.05, 0) is 59.7 Å². The number of carbonyl (C=O) groups excluding carboxylic acids is 1. The maximum Gasteiger partial charge on any atom is 0.251 e. The van der Waals surface area contributed by atoms with E-state index in [9.17, 15) is 13.2 Å². The van der Waals surface area contributed by atoms with Gasteiger partial charge in [-0.25, -0.2) is 8.42 Å². The average molecular weight is 471 g/mol. The molecule has 6 nitrogen and oxygen atoms in total. The van der Waals surface area contributed by atoms with Gasteiger partial charge in [-0.15, -0.1) is 11.3 Å². The first-order valence-electron chi connectivity index (χ1n) is 10.6. The van der Waals surface area contributed by atoms with Gasteiger partial charge in [0.05, 0.1) is 11.5 Å². The number of fused-ring (bicyclic) bond motifs is 1. The van der Waals surface area contributed by atoms with Crippen molar-refractivity contribution in [1.82, 2.24) is 9.62 Å². The summed E-state index contributed by atoms with van der Waals surface area (Å²) in [5.74, 6) is -0.306. The first-order valence-corrected chi connectivity index (χ1v) is 12.9. The smallest absolute Gasteiger partial charge is 0.251 e. The van der Waals surface area contributed by atoms with Crippen molar-refractivity contribution in [3.05, 3.63) is 87.1 Å². The monoisotopic (exact) mass is 470 g/mol. The van der Waals surface area contributed by atoms with Crippen LogP contribution in [0, 0.1) is 0 Å². The summed E-state index contributed by atoms with van der Waals surface area (Å²) in [7, 11) is -3.67. The second-order valence-corrected chi connectivity index (χ2v) is 10.6. The quantitative estimate of drug-likeness (QED) is 0.541. The normalized spacial score (nSPS) is 14.2. The van der Waals surface area contributed by atoms with Gasteiger partial charge in [0.2, 0.25) is 10.0 Å². The Morgan fingerprint density at radius 3 is 2.69 bits per heavy atom. The molecule has 0 fully saturated rings. The van der Waals surface area contributed by atoms with Crippen molar-refractivity contribution in [2.24, 2.45) is 0 Å². The second kappa shape index (κ2) is 9.95. The third-order valence-corrected chi connectivity index (χ3v) is 8.32. The van der Waals surface area contributed by atoms with Crippen LogP contribution in [0.4, 0.5) is 0 Å². The van der Waals surface area contributed by atoms with Gasteiger partial charge in [-0.2, -0.15) is 4.31 Å². The number of hydrogen-bond acceptors (Lipinski definition) is 5. The Kier molecular flexibility index (Phi) is 7.05. The number of rotatable bonds is 8. The predicted octanol–water partition coefficient (Wildman–Crippen LogP) is 3.96. The van der Waals surface area contributed by atoms with E-state index >= 15 is 0 Å². The molecule has 2 aromatic carbocycles.